The summed E-state index contributed by atoms with van der Waals surface area (Å²) >= 11 is 2.61. The van der Waals surface area contributed by atoms with Crippen LogP contribution in [0.2, 0.25) is 0 Å². The van der Waals surface area contributed by atoms with Crippen LogP contribution in [-0.4, -0.2) is 30.8 Å². The molecule has 0 aliphatic heterocycles. The highest BCUT2D eigenvalue weighted by atomic mass is 32.1. The number of nitrogens with zero attached hydrogens (tertiary/aromatic N) is 5. The maximum Gasteiger partial charge on any atom is 0.303 e. The van der Waals surface area contributed by atoms with Crippen LogP contribution in [-0.2, 0) is 11.2 Å². The minimum absolute atomic E-state index is 0.0130. The number of azo groups is 1. The number of nitrogens with one attached hydrogen (secondary N) is 1. The summed E-state index contributed by atoms with van der Waals surface area (Å²) in [5, 5.41) is 23.4. The van der Waals surface area contributed by atoms with Crippen LogP contribution in [0, 0.1) is 6.92 Å². The number of benzene rings is 2. The van der Waals surface area contributed by atoms with Crippen molar-refractivity contribution in [3.8, 4) is 27.6 Å². The first-order valence-electron chi connectivity index (χ1n) is 11.0. The second-order valence-electron chi connectivity index (χ2n) is 7.82. The fraction of sp³-hybridized carbons (Fsp3) is 0.120. The zero-order chi connectivity index (χ0) is 25.1. The quantitative estimate of drug-likeness (QED) is 0.239. The van der Waals surface area contributed by atoms with Gasteiger partial charge in [-0.15, -0.1) is 21.6 Å². The van der Waals surface area contributed by atoms with E-state index in [1.807, 2.05) is 66.0 Å². The lowest BCUT2D eigenvalue weighted by molar-refractivity contribution is -0.136. The molecule has 0 aliphatic rings. The Morgan fingerprint density at radius 2 is 1.72 bits per heavy atom. The van der Waals surface area contributed by atoms with Gasteiger partial charge in [-0.3, -0.25) is 14.7 Å². The van der Waals surface area contributed by atoms with Gasteiger partial charge in [0.2, 0.25) is 10.3 Å². The van der Waals surface area contributed by atoms with Gasteiger partial charge in [-0.25, -0.2) is 9.97 Å². The average Bonchev–Trinajstić information content (AvgIpc) is 3.60. The van der Waals surface area contributed by atoms with E-state index < -0.39 is 5.97 Å². The molecule has 180 valence electrons. The van der Waals surface area contributed by atoms with Gasteiger partial charge < -0.3 is 5.11 Å². The van der Waals surface area contributed by atoms with Crippen molar-refractivity contribution in [3.05, 3.63) is 87.0 Å². The molecule has 0 bridgehead atoms. The number of hydrogen-bond acceptors (Lipinski definition) is 8. The highest BCUT2D eigenvalue weighted by Crippen LogP contribution is 2.32. The number of hydrogen-bond donors (Lipinski definition) is 2. The zero-order valence-electron chi connectivity index (χ0n) is 19.1. The maximum absolute atomic E-state index is 13.4. The molecule has 0 fully saturated rings. The van der Waals surface area contributed by atoms with Gasteiger partial charge in [0.15, 0.2) is 5.69 Å². The minimum Gasteiger partial charge on any atom is -0.481 e. The maximum atomic E-state index is 13.4. The molecule has 2 N–H and O–H groups in total. The van der Waals surface area contributed by atoms with Crippen molar-refractivity contribution < 1.29 is 9.90 Å². The second kappa shape index (κ2) is 10.2. The van der Waals surface area contributed by atoms with Gasteiger partial charge in [0.05, 0.1) is 23.5 Å². The predicted octanol–water partition coefficient (Wildman–Crippen LogP) is 6.15. The van der Waals surface area contributed by atoms with Crippen molar-refractivity contribution in [2.45, 2.75) is 19.8 Å². The summed E-state index contributed by atoms with van der Waals surface area (Å²) in [6.07, 6.45) is 0.382. The third-order valence-electron chi connectivity index (χ3n) is 5.36. The lowest BCUT2D eigenvalue weighted by atomic mass is 10.1. The van der Waals surface area contributed by atoms with Crippen molar-refractivity contribution >= 4 is 39.5 Å². The fourth-order valence-electron chi connectivity index (χ4n) is 3.57. The standard InChI is InChI=1S/C25H20N6O3S2/c1-15-19(12-13-20(32)33)36-24(26-15)29-28-22-21(17-10-6-3-7-11-17)30-31(23(22)34)25-27-18(14-35-25)16-8-4-2-5-9-16/h2-11,14,30H,12-13H2,1H3,(H,32,33). The number of rotatable bonds is 8. The van der Waals surface area contributed by atoms with Crippen LogP contribution in [0.15, 0.2) is 81.1 Å². The van der Waals surface area contributed by atoms with E-state index in [0.29, 0.717) is 28.1 Å². The van der Waals surface area contributed by atoms with E-state index in [4.69, 9.17) is 5.11 Å². The molecule has 0 aliphatic carbocycles. The molecule has 0 atom stereocenters. The van der Waals surface area contributed by atoms with Crippen molar-refractivity contribution in [1.82, 2.24) is 19.7 Å². The molecule has 0 spiro atoms. The third-order valence-corrected chi connectivity index (χ3v) is 7.29. The van der Waals surface area contributed by atoms with Gasteiger partial charge in [0.1, 0.15) is 0 Å². The number of carbonyl (C=O) groups is 1. The van der Waals surface area contributed by atoms with Crippen LogP contribution in [0.25, 0.3) is 27.6 Å². The SMILES string of the molecule is Cc1nc(N=Nc2c(-c3ccccc3)[nH]n(-c3nc(-c4ccccc4)cs3)c2=O)sc1CCC(=O)O. The molecule has 36 heavy (non-hydrogen) atoms. The van der Waals surface area contributed by atoms with E-state index in [1.54, 1.807) is 6.92 Å². The molecule has 3 aromatic heterocycles. The fourth-order valence-corrected chi connectivity index (χ4v) is 5.24. The number of aromatic amines is 1. The van der Waals surface area contributed by atoms with Gasteiger partial charge in [0.25, 0.3) is 0 Å². The van der Waals surface area contributed by atoms with E-state index in [1.165, 1.54) is 27.4 Å². The van der Waals surface area contributed by atoms with Gasteiger partial charge in [-0.05, 0) is 13.3 Å². The topological polar surface area (TPSA) is 126 Å². The molecule has 5 aromatic rings. The van der Waals surface area contributed by atoms with Crippen LogP contribution in [0.1, 0.15) is 17.0 Å². The Labute approximate surface area is 213 Å². The summed E-state index contributed by atoms with van der Waals surface area (Å²) in [7, 11) is 0. The highest BCUT2D eigenvalue weighted by Gasteiger charge is 2.19. The number of thiazole rings is 2. The monoisotopic (exact) mass is 516 g/mol. The second-order valence-corrected chi connectivity index (χ2v) is 9.72. The van der Waals surface area contributed by atoms with Crippen LogP contribution in [0.4, 0.5) is 10.8 Å². The van der Waals surface area contributed by atoms with E-state index in [0.717, 1.165) is 21.7 Å². The number of aromatic nitrogens is 4. The van der Waals surface area contributed by atoms with Crippen LogP contribution in [0.5, 0.6) is 0 Å². The number of aryl methyl sites for hydroxylation is 2. The zero-order valence-corrected chi connectivity index (χ0v) is 20.7. The molecule has 0 radical (unpaired) electrons. The molecule has 0 unspecified atom stereocenters. The molecule has 0 saturated heterocycles. The Morgan fingerprint density at radius 3 is 2.42 bits per heavy atom. The Hall–Kier alpha value is -4.22. The number of carboxylic acids is 1. The molecular weight excluding hydrogens is 496 g/mol. The Bertz CT molecular complexity index is 1600. The normalized spacial score (nSPS) is 11.4. The number of aliphatic carboxylic acids is 1. The lowest BCUT2D eigenvalue weighted by Crippen LogP contribution is -2.13. The molecule has 2 aromatic carbocycles. The predicted molar refractivity (Wildman–Crippen MR) is 140 cm³/mol. The summed E-state index contributed by atoms with van der Waals surface area (Å²) in [5.74, 6) is -0.871. The molecule has 11 heteroatoms. The summed E-state index contributed by atoms with van der Waals surface area (Å²) < 4.78 is 1.37. The minimum atomic E-state index is -0.871. The van der Waals surface area contributed by atoms with Gasteiger partial charge in [-0.1, -0.05) is 72.0 Å². The first-order chi connectivity index (χ1) is 17.5. The largest absolute Gasteiger partial charge is 0.481 e. The summed E-state index contributed by atoms with van der Waals surface area (Å²) in [6.45, 7) is 1.80. The molecular formula is C25H20N6O3S2. The Balaban J connectivity index is 1.53. The van der Waals surface area contributed by atoms with E-state index in [2.05, 4.69) is 25.3 Å². The first kappa shape index (κ1) is 23.5. The summed E-state index contributed by atoms with van der Waals surface area (Å²) in [6, 6.07) is 19.1. The average molecular weight is 517 g/mol. The number of H-pyrrole nitrogens is 1. The van der Waals surface area contributed by atoms with E-state index in [-0.39, 0.29) is 17.7 Å². The molecule has 5 rings (SSSR count). The van der Waals surface area contributed by atoms with Gasteiger partial charge in [-0.2, -0.15) is 4.68 Å². The highest BCUT2D eigenvalue weighted by molar-refractivity contribution is 7.15. The smallest absolute Gasteiger partial charge is 0.303 e. The number of carboxylic acid groups (broad SMARTS) is 1. The Kier molecular flexibility index (Phi) is 6.65. The van der Waals surface area contributed by atoms with E-state index in [9.17, 15) is 9.59 Å². The van der Waals surface area contributed by atoms with Gasteiger partial charge in [0, 0.05) is 21.4 Å². The van der Waals surface area contributed by atoms with Crippen LogP contribution in [0.3, 0.4) is 0 Å². The molecule has 0 saturated carbocycles. The summed E-state index contributed by atoms with van der Waals surface area (Å²) in [5.41, 5.74) is 3.49. The van der Waals surface area contributed by atoms with Gasteiger partial charge >= 0.3 is 11.5 Å². The van der Waals surface area contributed by atoms with Crippen LogP contribution < -0.4 is 5.56 Å². The first-order valence-corrected chi connectivity index (χ1v) is 12.7. The third kappa shape index (κ3) is 4.92. The van der Waals surface area contributed by atoms with Crippen molar-refractivity contribution in [3.63, 3.8) is 0 Å². The van der Waals surface area contributed by atoms with Crippen molar-refractivity contribution in [2.24, 2.45) is 10.2 Å². The van der Waals surface area contributed by atoms with Crippen LogP contribution >= 0.6 is 22.7 Å². The Morgan fingerprint density at radius 1 is 1.03 bits per heavy atom. The van der Waals surface area contributed by atoms with Crippen molar-refractivity contribution in [1.29, 1.82) is 0 Å². The van der Waals surface area contributed by atoms with Crippen molar-refractivity contribution in [2.75, 3.05) is 0 Å². The molecule has 9 nitrogen and oxygen atoms in total. The molecule has 3 heterocycles. The van der Waals surface area contributed by atoms with E-state index >= 15 is 0 Å². The summed E-state index contributed by atoms with van der Waals surface area (Å²) in [4.78, 5) is 34.2. The lowest BCUT2D eigenvalue weighted by Gasteiger charge is -1.99. The molecule has 0 amide bonds.